The largest absolute Gasteiger partial charge is 0.381 e. The second-order valence-corrected chi connectivity index (χ2v) is 6.80. The Labute approximate surface area is 160 Å². The van der Waals surface area contributed by atoms with Crippen LogP contribution < -0.4 is 10.6 Å². The molecule has 0 aliphatic heterocycles. The maximum absolute atomic E-state index is 14.0. The molecule has 0 spiro atoms. The van der Waals surface area contributed by atoms with E-state index in [9.17, 15) is 9.18 Å². The number of carbonyl (C=O) groups excluding carboxylic acids is 1. The quantitative estimate of drug-likeness (QED) is 0.558. The van der Waals surface area contributed by atoms with E-state index >= 15 is 0 Å². The molecule has 132 valence electrons. The number of hydrogen-bond acceptors (Lipinski definition) is 2. The summed E-state index contributed by atoms with van der Waals surface area (Å²) >= 11 is 3.25. The predicted octanol–water partition coefficient (Wildman–Crippen LogP) is 5.76. The van der Waals surface area contributed by atoms with Gasteiger partial charge in [-0.05, 0) is 48.9 Å². The molecule has 5 heteroatoms. The smallest absolute Gasteiger partial charge is 0.255 e. The van der Waals surface area contributed by atoms with Crippen LogP contribution in [0.1, 0.15) is 21.5 Å². The molecule has 2 N–H and O–H groups in total. The Hall–Kier alpha value is -2.66. The monoisotopic (exact) mass is 412 g/mol. The second-order valence-electron chi connectivity index (χ2n) is 5.89. The van der Waals surface area contributed by atoms with E-state index in [4.69, 9.17) is 0 Å². The van der Waals surface area contributed by atoms with Gasteiger partial charge in [0.15, 0.2) is 0 Å². The summed E-state index contributed by atoms with van der Waals surface area (Å²) in [6, 6.07) is 19.7. The van der Waals surface area contributed by atoms with Crippen LogP contribution >= 0.6 is 15.9 Å². The van der Waals surface area contributed by atoms with Crippen molar-refractivity contribution in [2.24, 2.45) is 0 Å². The highest BCUT2D eigenvalue weighted by Crippen LogP contribution is 2.25. The zero-order valence-electron chi connectivity index (χ0n) is 14.2. The first-order chi connectivity index (χ1) is 12.5. The summed E-state index contributed by atoms with van der Waals surface area (Å²) in [6.45, 7) is 2.27. The minimum absolute atomic E-state index is 0.162. The number of rotatable bonds is 5. The third-order valence-electron chi connectivity index (χ3n) is 4.10. The zero-order valence-corrected chi connectivity index (χ0v) is 15.8. The predicted molar refractivity (Wildman–Crippen MR) is 107 cm³/mol. The molecule has 3 nitrogen and oxygen atoms in total. The van der Waals surface area contributed by atoms with Gasteiger partial charge >= 0.3 is 0 Å². The second kappa shape index (κ2) is 8.15. The molecule has 1 amide bonds. The lowest BCUT2D eigenvalue weighted by atomic mass is 10.1. The van der Waals surface area contributed by atoms with Gasteiger partial charge in [-0.25, -0.2) is 4.39 Å². The Morgan fingerprint density at radius 2 is 1.73 bits per heavy atom. The third-order valence-corrected chi connectivity index (χ3v) is 4.60. The molecule has 0 radical (unpaired) electrons. The van der Waals surface area contributed by atoms with E-state index in [1.54, 1.807) is 18.2 Å². The Kier molecular flexibility index (Phi) is 5.68. The van der Waals surface area contributed by atoms with E-state index in [0.717, 1.165) is 16.9 Å². The SMILES string of the molecule is Cc1c(NCc2ccc(Br)cc2F)cccc1NC(=O)c1ccccc1. The van der Waals surface area contributed by atoms with E-state index in [-0.39, 0.29) is 11.7 Å². The van der Waals surface area contributed by atoms with Crippen LogP contribution in [0.5, 0.6) is 0 Å². The number of hydrogen-bond donors (Lipinski definition) is 2. The molecule has 0 unspecified atom stereocenters. The summed E-state index contributed by atoms with van der Waals surface area (Å²) in [6.07, 6.45) is 0. The number of benzene rings is 3. The van der Waals surface area contributed by atoms with E-state index in [1.807, 2.05) is 49.4 Å². The number of nitrogens with one attached hydrogen (secondary N) is 2. The van der Waals surface area contributed by atoms with Crippen molar-refractivity contribution in [2.45, 2.75) is 13.5 Å². The molecule has 3 rings (SSSR count). The fourth-order valence-corrected chi connectivity index (χ4v) is 2.94. The highest BCUT2D eigenvalue weighted by molar-refractivity contribution is 9.10. The first-order valence-electron chi connectivity index (χ1n) is 8.18. The maximum Gasteiger partial charge on any atom is 0.255 e. The van der Waals surface area contributed by atoms with Gasteiger partial charge in [-0.3, -0.25) is 4.79 Å². The molecule has 3 aromatic carbocycles. The van der Waals surface area contributed by atoms with Crippen LogP contribution in [0.2, 0.25) is 0 Å². The van der Waals surface area contributed by atoms with Gasteiger partial charge < -0.3 is 10.6 Å². The summed E-state index contributed by atoms with van der Waals surface area (Å²) < 4.78 is 14.7. The van der Waals surface area contributed by atoms with Gasteiger partial charge in [0.25, 0.3) is 5.91 Å². The molecule has 0 aliphatic rings. The number of halogens is 2. The van der Waals surface area contributed by atoms with Gasteiger partial charge in [-0.2, -0.15) is 0 Å². The number of anilines is 2. The van der Waals surface area contributed by atoms with Gasteiger partial charge in [0.2, 0.25) is 0 Å². The summed E-state index contributed by atoms with van der Waals surface area (Å²) in [4.78, 5) is 12.3. The van der Waals surface area contributed by atoms with Crippen molar-refractivity contribution in [3.05, 3.63) is 93.7 Å². The van der Waals surface area contributed by atoms with Crippen LogP contribution in [0, 0.1) is 12.7 Å². The van der Waals surface area contributed by atoms with Gasteiger partial charge in [0.1, 0.15) is 5.82 Å². The topological polar surface area (TPSA) is 41.1 Å². The lowest BCUT2D eigenvalue weighted by Gasteiger charge is -2.14. The van der Waals surface area contributed by atoms with Crippen LogP contribution in [0.25, 0.3) is 0 Å². The van der Waals surface area contributed by atoms with E-state index < -0.39 is 0 Å². The lowest BCUT2D eigenvalue weighted by molar-refractivity contribution is 0.102. The summed E-state index contributed by atoms with van der Waals surface area (Å²) in [5.41, 5.74) is 3.64. The minimum Gasteiger partial charge on any atom is -0.381 e. The van der Waals surface area contributed by atoms with Crippen LogP contribution in [-0.2, 0) is 6.54 Å². The molecule has 26 heavy (non-hydrogen) atoms. The normalized spacial score (nSPS) is 10.4. The first kappa shape index (κ1) is 18.1. The summed E-state index contributed by atoms with van der Waals surface area (Å²) in [5, 5.41) is 6.16. The zero-order chi connectivity index (χ0) is 18.5. The van der Waals surface area contributed by atoms with Gasteiger partial charge in [0.05, 0.1) is 0 Å². The average Bonchev–Trinajstić information content (AvgIpc) is 2.64. The molecule has 0 aliphatic carbocycles. The maximum atomic E-state index is 14.0. The molecule has 0 heterocycles. The van der Waals surface area contributed by atoms with Crippen molar-refractivity contribution in [1.29, 1.82) is 0 Å². The summed E-state index contributed by atoms with van der Waals surface area (Å²) in [7, 11) is 0. The lowest BCUT2D eigenvalue weighted by Crippen LogP contribution is -2.13. The molecule has 0 saturated carbocycles. The number of carbonyl (C=O) groups is 1. The number of amides is 1. The van der Waals surface area contributed by atoms with E-state index in [1.165, 1.54) is 6.07 Å². The first-order valence-corrected chi connectivity index (χ1v) is 8.97. The molecule has 0 fully saturated rings. The van der Waals surface area contributed by atoms with Crippen molar-refractivity contribution < 1.29 is 9.18 Å². The van der Waals surface area contributed by atoms with Crippen LogP contribution in [0.3, 0.4) is 0 Å². The van der Waals surface area contributed by atoms with Crippen LogP contribution in [0.4, 0.5) is 15.8 Å². The molecular weight excluding hydrogens is 395 g/mol. The fourth-order valence-electron chi connectivity index (χ4n) is 2.60. The summed E-state index contributed by atoms with van der Waals surface area (Å²) in [5.74, 6) is -0.428. The van der Waals surface area contributed by atoms with E-state index in [2.05, 4.69) is 26.6 Å². The van der Waals surface area contributed by atoms with E-state index in [0.29, 0.717) is 22.1 Å². The Morgan fingerprint density at radius 1 is 1.00 bits per heavy atom. The Balaban J connectivity index is 1.73. The standard InChI is InChI=1S/C21H18BrFN2O/c1-14-19(24-13-16-10-11-17(22)12-18(16)23)8-5-9-20(14)25-21(26)15-6-3-2-4-7-15/h2-12,24H,13H2,1H3,(H,25,26). The van der Waals surface area contributed by atoms with Crippen molar-refractivity contribution in [3.63, 3.8) is 0 Å². The van der Waals surface area contributed by atoms with Crippen molar-refractivity contribution in [1.82, 2.24) is 0 Å². The molecule has 3 aromatic rings. The van der Waals surface area contributed by atoms with Gasteiger partial charge in [-0.15, -0.1) is 0 Å². The van der Waals surface area contributed by atoms with Gasteiger partial charge in [-0.1, -0.05) is 46.3 Å². The molecular formula is C21H18BrFN2O. The molecule has 0 atom stereocenters. The van der Waals surface area contributed by atoms with Crippen molar-refractivity contribution in [3.8, 4) is 0 Å². The molecule has 0 saturated heterocycles. The molecule has 0 bridgehead atoms. The Morgan fingerprint density at radius 3 is 2.46 bits per heavy atom. The Bertz CT molecular complexity index is 929. The fraction of sp³-hybridized carbons (Fsp3) is 0.0952. The van der Waals surface area contributed by atoms with Crippen LogP contribution in [0.15, 0.2) is 71.2 Å². The minimum atomic E-state index is -0.266. The molecule has 0 aromatic heterocycles. The highest BCUT2D eigenvalue weighted by atomic mass is 79.9. The average molecular weight is 413 g/mol. The van der Waals surface area contributed by atoms with Gasteiger partial charge in [0, 0.05) is 33.5 Å². The van der Waals surface area contributed by atoms with Crippen LogP contribution in [-0.4, -0.2) is 5.91 Å². The highest BCUT2D eigenvalue weighted by Gasteiger charge is 2.10. The third kappa shape index (κ3) is 4.29. The van der Waals surface area contributed by atoms with Crippen molar-refractivity contribution >= 4 is 33.2 Å². The van der Waals surface area contributed by atoms with Crippen molar-refractivity contribution in [2.75, 3.05) is 10.6 Å².